The van der Waals surface area contributed by atoms with Crippen LogP contribution in [0.3, 0.4) is 0 Å². The summed E-state index contributed by atoms with van der Waals surface area (Å²) in [5, 5.41) is 22.3. The van der Waals surface area contributed by atoms with Gasteiger partial charge in [0, 0.05) is 29.0 Å². The second kappa shape index (κ2) is 6.97. The Morgan fingerprint density at radius 1 is 1.39 bits per heavy atom. The molecule has 3 unspecified atom stereocenters. The molecule has 0 amide bonds. The lowest BCUT2D eigenvalue weighted by atomic mass is 10.1. The van der Waals surface area contributed by atoms with Gasteiger partial charge in [0.05, 0.1) is 6.61 Å². The van der Waals surface area contributed by atoms with Crippen LogP contribution in [0.5, 0.6) is 5.75 Å². The first-order valence-corrected chi connectivity index (χ1v) is 7.16. The molecule has 3 N–H and O–H groups in total. The van der Waals surface area contributed by atoms with Crippen LogP contribution in [-0.2, 0) is 0 Å². The van der Waals surface area contributed by atoms with Gasteiger partial charge in [-0.05, 0) is 26.2 Å². The Kier molecular flexibility index (Phi) is 5.91. The fourth-order valence-corrected chi connectivity index (χ4v) is 2.55. The van der Waals surface area contributed by atoms with E-state index in [1.165, 1.54) is 6.07 Å². The second-order valence-corrected chi connectivity index (χ2v) is 5.41. The van der Waals surface area contributed by atoms with Crippen molar-refractivity contribution in [1.82, 2.24) is 5.32 Å². The molecule has 0 radical (unpaired) electrons. The number of phenols is 1. The lowest BCUT2D eigenvalue weighted by Crippen LogP contribution is -2.38. The summed E-state index contributed by atoms with van der Waals surface area (Å²) in [5.74, 6) is -0.499. The van der Waals surface area contributed by atoms with Crippen LogP contribution >= 0.6 is 11.8 Å². The number of rotatable bonds is 6. The Labute approximate surface area is 111 Å². The number of hydrogen-bond acceptors (Lipinski definition) is 4. The van der Waals surface area contributed by atoms with Crippen molar-refractivity contribution in [2.24, 2.45) is 0 Å². The SMILES string of the molecule is CSC(CO)C(C)NC(C)c1ccc(F)cc1O. The van der Waals surface area contributed by atoms with Gasteiger partial charge in [-0.1, -0.05) is 6.07 Å². The third-order valence-corrected chi connectivity index (χ3v) is 4.18. The van der Waals surface area contributed by atoms with Crippen molar-refractivity contribution in [1.29, 1.82) is 0 Å². The number of thioether (sulfide) groups is 1. The highest BCUT2D eigenvalue weighted by molar-refractivity contribution is 7.99. The number of phenolic OH excluding ortho intramolecular Hbond substituents is 1. The van der Waals surface area contributed by atoms with E-state index >= 15 is 0 Å². The Morgan fingerprint density at radius 3 is 2.56 bits per heavy atom. The van der Waals surface area contributed by atoms with Crippen LogP contribution in [0, 0.1) is 5.82 Å². The molecule has 3 nitrogen and oxygen atoms in total. The molecular weight excluding hydrogens is 253 g/mol. The molecule has 0 heterocycles. The zero-order chi connectivity index (χ0) is 13.7. The molecule has 102 valence electrons. The van der Waals surface area contributed by atoms with Crippen LogP contribution in [0.4, 0.5) is 4.39 Å². The summed E-state index contributed by atoms with van der Waals surface area (Å²) >= 11 is 1.59. The van der Waals surface area contributed by atoms with Crippen molar-refractivity contribution >= 4 is 11.8 Å². The summed E-state index contributed by atoms with van der Waals surface area (Å²) in [6.45, 7) is 3.98. The van der Waals surface area contributed by atoms with E-state index in [4.69, 9.17) is 0 Å². The highest BCUT2D eigenvalue weighted by atomic mass is 32.2. The van der Waals surface area contributed by atoms with Gasteiger partial charge in [-0.2, -0.15) is 11.8 Å². The number of nitrogens with one attached hydrogen (secondary N) is 1. The molecule has 3 atom stereocenters. The van der Waals surface area contributed by atoms with E-state index in [0.717, 1.165) is 6.07 Å². The molecule has 1 aromatic carbocycles. The minimum absolute atomic E-state index is 0.0492. The molecule has 0 fully saturated rings. The summed E-state index contributed by atoms with van der Waals surface area (Å²) < 4.78 is 12.9. The average molecular weight is 273 g/mol. The Balaban J connectivity index is 2.72. The number of benzene rings is 1. The van der Waals surface area contributed by atoms with Crippen molar-refractivity contribution < 1.29 is 14.6 Å². The van der Waals surface area contributed by atoms with Gasteiger partial charge in [0.2, 0.25) is 0 Å². The topological polar surface area (TPSA) is 52.5 Å². The van der Waals surface area contributed by atoms with Crippen LogP contribution in [-0.4, -0.2) is 34.4 Å². The van der Waals surface area contributed by atoms with Crippen molar-refractivity contribution in [3.63, 3.8) is 0 Å². The first-order chi connectivity index (χ1) is 8.49. The predicted molar refractivity (Wildman–Crippen MR) is 73.5 cm³/mol. The number of aromatic hydroxyl groups is 1. The highest BCUT2D eigenvalue weighted by Crippen LogP contribution is 2.25. The third-order valence-electron chi connectivity index (χ3n) is 3.01. The summed E-state index contributed by atoms with van der Waals surface area (Å²) in [6.07, 6.45) is 1.94. The van der Waals surface area contributed by atoms with E-state index in [-0.39, 0.29) is 29.7 Å². The van der Waals surface area contributed by atoms with Crippen molar-refractivity contribution in [2.75, 3.05) is 12.9 Å². The average Bonchev–Trinajstić information content (AvgIpc) is 2.30. The lowest BCUT2D eigenvalue weighted by Gasteiger charge is -2.26. The first-order valence-electron chi connectivity index (χ1n) is 5.87. The summed E-state index contributed by atoms with van der Waals surface area (Å²) in [5.41, 5.74) is 0.654. The predicted octanol–water partition coefficient (Wildman–Crippen LogP) is 2.29. The monoisotopic (exact) mass is 273 g/mol. The molecule has 0 bridgehead atoms. The van der Waals surface area contributed by atoms with Crippen LogP contribution in [0.2, 0.25) is 0 Å². The van der Waals surface area contributed by atoms with E-state index in [2.05, 4.69) is 5.32 Å². The van der Waals surface area contributed by atoms with Crippen LogP contribution in [0.15, 0.2) is 18.2 Å². The molecule has 0 aliphatic carbocycles. The van der Waals surface area contributed by atoms with Gasteiger partial charge in [0.1, 0.15) is 11.6 Å². The van der Waals surface area contributed by atoms with Gasteiger partial charge in [0.25, 0.3) is 0 Å². The number of aliphatic hydroxyl groups excluding tert-OH is 1. The quantitative estimate of drug-likeness (QED) is 0.744. The van der Waals surface area contributed by atoms with Crippen LogP contribution in [0.1, 0.15) is 25.5 Å². The normalized spacial score (nSPS) is 16.3. The van der Waals surface area contributed by atoms with Gasteiger partial charge < -0.3 is 15.5 Å². The summed E-state index contributed by atoms with van der Waals surface area (Å²) in [4.78, 5) is 0. The third kappa shape index (κ3) is 3.86. The van der Waals surface area contributed by atoms with Gasteiger partial charge in [-0.15, -0.1) is 0 Å². The first kappa shape index (κ1) is 15.3. The number of aliphatic hydroxyl groups is 1. The van der Waals surface area contributed by atoms with Gasteiger partial charge in [-0.25, -0.2) is 4.39 Å². The van der Waals surface area contributed by atoms with Crippen molar-refractivity contribution in [3.05, 3.63) is 29.6 Å². The highest BCUT2D eigenvalue weighted by Gasteiger charge is 2.19. The van der Waals surface area contributed by atoms with E-state index in [1.807, 2.05) is 20.1 Å². The van der Waals surface area contributed by atoms with Gasteiger partial charge in [0.15, 0.2) is 0 Å². The van der Waals surface area contributed by atoms with E-state index < -0.39 is 5.82 Å². The Morgan fingerprint density at radius 2 is 2.06 bits per heavy atom. The largest absolute Gasteiger partial charge is 0.508 e. The van der Waals surface area contributed by atoms with Gasteiger partial charge >= 0.3 is 0 Å². The maximum Gasteiger partial charge on any atom is 0.126 e. The number of halogens is 1. The minimum Gasteiger partial charge on any atom is -0.508 e. The molecule has 1 rings (SSSR count). The molecule has 0 aromatic heterocycles. The van der Waals surface area contributed by atoms with Crippen LogP contribution in [0.25, 0.3) is 0 Å². The van der Waals surface area contributed by atoms with Gasteiger partial charge in [-0.3, -0.25) is 0 Å². The van der Waals surface area contributed by atoms with E-state index in [1.54, 1.807) is 17.8 Å². The summed E-state index contributed by atoms with van der Waals surface area (Å²) in [6, 6.07) is 3.99. The number of hydrogen-bond donors (Lipinski definition) is 3. The summed E-state index contributed by atoms with van der Waals surface area (Å²) in [7, 11) is 0. The Hall–Kier alpha value is -0.780. The van der Waals surface area contributed by atoms with Crippen molar-refractivity contribution in [3.8, 4) is 5.75 Å². The van der Waals surface area contributed by atoms with Crippen LogP contribution < -0.4 is 5.32 Å². The molecule has 0 saturated carbocycles. The molecule has 0 aliphatic rings. The maximum absolute atomic E-state index is 12.9. The van der Waals surface area contributed by atoms with E-state index in [9.17, 15) is 14.6 Å². The zero-order valence-corrected chi connectivity index (χ0v) is 11.7. The lowest BCUT2D eigenvalue weighted by molar-refractivity contribution is 0.271. The molecular formula is C13H20FNO2S. The maximum atomic E-state index is 12.9. The molecule has 0 aliphatic heterocycles. The molecule has 0 saturated heterocycles. The van der Waals surface area contributed by atoms with E-state index in [0.29, 0.717) is 5.56 Å². The fourth-order valence-electron chi connectivity index (χ4n) is 1.91. The molecule has 18 heavy (non-hydrogen) atoms. The zero-order valence-electron chi connectivity index (χ0n) is 10.9. The fraction of sp³-hybridized carbons (Fsp3) is 0.538. The molecule has 0 spiro atoms. The Bertz CT molecular complexity index is 385. The van der Waals surface area contributed by atoms with Crippen molar-refractivity contribution in [2.45, 2.75) is 31.2 Å². The second-order valence-electron chi connectivity index (χ2n) is 4.34. The standard InChI is InChI=1S/C13H20FNO2S/c1-8(15-9(2)13(7-16)18-3)11-5-4-10(14)6-12(11)17/h4-6,8-9,13,15-17H,7H2,1-3H3. The molecule has 5 heteroatoms. The minimum atomic E-state index is -0.450. The smallest absolute Gasteiger partial charge is 0.126 e. The molecule has 1 aromatic rings.